The molecule has 0 spiro atoms. The number of benzene rings is 1. The summed E-state index contributed by atoms with van der Waals surface area (Å²) in [5, 5.41) is 0. The van der Waals surface area contributed by atoms with Crippen LogP contribution in [0.3, 0.4) is 0 Å². The first-order valence-electron chi connectivity index (χ1n) is 7.25. The smallest absolute Gasteiger partial charge is 0.118 e. The Labute approximate surface area is 110 Å². The van der Waals surface area contributed by atoms with Crippen molar-refractivity contribution in [1.29, 1.82) is 0 Å². The van der Waals surface area contributed by atoms with E-state index in [0.717, 1.165) is 17.7 Å². The summed E-state index contributed by atoms with van der Waals surface area (Å²) in [4.78, 5) is 2.72. The molecule has 18 heavy (non-hydrogen) atoms. The molecule has 0 bridgehead atoms. The first-order valence-corrected chi connectivity index (χ1v) is 7.25. The van der Waals surface area contributed by atoms with Crippen LogP contribution in [0.4, 0.5) is 0 Å². The summed E-state index contributed by atoms with van der Waals surface area (Å²) >= 11 is 0. The van der Waals surface area contributed by atoms with Gasteiger partial charge in [-0.2, -0.15) is 0 Å². The van der Waals surface area contributed by atoms with E-state index in [2.05, 4.69) is 29.2 Å². The fraction of sp³-hybridized carbons (Fsp3) is 0.625. The molecule has 2 saturated heterocycles. The van der Waals surface area contributed by atoms with E-state index in [4.69, 9.17) is 4.74 Å². The van der Waals surface area contributed by atoms with Gasteiger partial charge in [0.1, 0.15) is 5.75 Å². The van der Waals surface area contributed by atoms with Gasteiger partial charge in [-0.1, -0.05) is 18.6 Å². The van der Waals surface area contributed by atoms with E-state index in [1.807, 2.05) is 0 Å². The van der Waals surface area contributed by atoms with Gasteiger partial charge in [-0.05, 0) is 55.8 Å². The minimum Gasteiger partial charge on any atom is -0.497 e. The number of hydrogen-bond acceptors (Lipinski definition) is 2. The lowest BCUT2D eigenvalue weighted by molar-refractivity contribution is 0.0959. The Morgan fingerprint density at radius 2 is 1.89 bits per heavy atom. The molecule has 0 aliphatic carbocycles. The number of piperidine rings is 2. The van der Waals surface area contributed by atoms with Gasteiger partial charge in [0.05, 0.1) is 7.11 Å². The predicted molar refractivity (Wildman–Crippen MR) is 74.2 cm³/mol. The maximum atomic E-state index is 5.23. The molecule has 2 fully saturated rings. The van der Waals surface area contributed by atoms with Crippen LogP contribution in [-0.2, 0) is 0 Å². The number of hydrogen-bond donors (Lipinski definition) is 0. The van der Waals surface area contributed by atoms with E-state index in [0.29, 0.717) is 0 Å². The second kappa shape index (κ2) is 5.31. The highest BCUT2D eigenvalue weighted by molar-refractivity contribution is 5.30. The molecule has 2 heterocycles. The summed E-state index contributed by atoms with van der Waals surface area (Å²) in [6.45, 7) is 2.58. The normalized spacial score (nSPS) is 28.7. The molecule has 0 aromatic heterocycles. The van der Waals surface area contributed by atoms with Gasteiger partial charge in [-0.25, -0.2) is 0 Å². The number of methoxy groups -OCH3 is 1. The minimum atomic E-state index is 0.727. The molecule has 2 aliphatic heterocycles. The Bertz CT molecular complexity index is 387. The lowest BCUT2D eigenvalue weighted by atomic mass is 9.84. The Balaban J connectivity index is 1.69. The van der Waals surface area contributed by atoms with Crippen molar-refractivity contribution in [2.75, 3.05) is 20.2 Å². The van der Waals surface area contributed by atoms with E-state index in [9.17, 15) is 0 Å². The Morgan fingerprint density at radius 1 is 1.06 bits per heavy atom. The minimum absolute atomic E-state index is 0.727. The van der Waals surface area contributed by atoms with Crippen molar-refractivity contribution in [2.45, 2.75) is 44.1 Å². The fourth-order valence-corrected chi connectivity index (χ4v) is 3.54. The molecule has 3 rings (SSSR count). The SMILES string of the molecule is COc1ccc([C@H]2CC[C@@H]3CCCCN3C2)cc1. The van der Waals surface area contributed by atoms with Crippen LogP contribution in [0.1, 0.15) is 43.6 Å². The lowest BCUT2D eigenvalue weighted by Crippen LogP contribution is -2.45. The molecule has 2 aliphatic rings. The second-order valence-corrected chi connectivity index (χ2v) is 5.69. The van der Waals surface area contributed by atoms with Crippen LogP contribution in [0, 0.1) is 0 Å². The average molecular weight is 245 g/mol. The van der Waals surface area contributed by atoms with Crippen molar-refractivity contribution in [2.24, 2.45) is 0 Å². The Morgan fingerprint density at radius 3 is 2.67 bits per heavy atom. The van der Waals surface area contributed by atoms with Gasteiger partial charge >= 0.3 is 0 Å². The van der Waals surface area contributed by atoms with Crippen molar-refractivity contribution in [3.8, 4) is 5.75 Å². The summed E-state index contributed by atoms with van der Waals surface area (Å²) in [6, 6.07) is 9.56. The largest absolute Gasteiger partial charge is 0.497 e. The maximum absolute atomic E-state index is 5.23. The zero-order chi connectivity index (χ0) is 12.4. The van der Waals surface area contributed by atoms with Crippen molar-refractivity contribution in [3.05, 3.63) is 29.8 Å². The highest BCUT2D eigenvalue weighted by Crippen LogP contribution is 2.34. The van der Waals surface area contributed by atoms with Gasteiger partial charge in [0.2, 0.25) is 0 Å². The number of ether oxygens (including phenoxy) is 1. The third kappa shape index (κ3) is 2.39. The van der Waals surface area contributed by atoms with E-state index >= 15 is 0 Å². The van der Waals surface area contributed by atoms with Gasteiger partial charge in [0, 0.05) is 12.6 Å². The third-order valence-corrected chi connectivity index (χ3v) is 4.64. The lowest BCUT2D eigenvalue weighted by Gasteiger charge is -2.42. The van der Waals surface area contributed by atoms with Crippen molar-refractivity contribution < 1.29 is 4.74 Å². The fourth-order valence-electron chi connectivity index (χ4n) is 3.54. The van der Waals surface area contributed by atoms with Crippen LogP contribution in [-0.4, -0.2) is 31.1 Å². The third-order valence-electron chi connectivity index (χ3n) is 4.64. The molecule has 2 atom stereocenters. The standard InChI is InChI=1S/C16H23NO/c1-18-16-9-6-13(7-10-16)14-5-8-15-4-2-3-11-17(15)12-14/h6-7,9-10,14-15H,2-5,8,11-12H2,1H3/t14-,15-/m0/s1. The topological polar surface area (TPSA) is 12.5 Å². The average Bonchev–Trinajstić information content (AvgIpc) is 2.47. The summed E-state index contributed by atoms with van der Waals surface area (Å²) < 4.78 is 5.23. The maximum Gasteiger partial charge on any atom is 0.118 e. The van der Waals surface area contributed by atoms with E-state index in [-0.39, 0.29) is 0 Å². The molecule has 1 aromatic carbocycles. The van der Waals surface area contributed by atoms with Crippen LogP contribution in [0.25, 0.3) is 0 Å². The molecule has 0 unspecified atom stereocenters. The predicted octanol–water partition coefficient (Wildman–Crippen LogP) is 3.43. The zero-order valence-corrected chi connectivity index (χ0v) is 11.3. The quantitative estimate of drug-likeness (QED) is 0.791. The van der Waals surface area contributed by atoms with Crippen molar-refractivity contribution in [1.82, 2.24) is 4.90 Å². The summed E-state index contributed by atoms with van der Waals surface area (Å²) in [6.07, 6.45) is 7.00. The summed E-state index contributed by atoms with van der Waals surface area (Å²) in [5.41, 5.74) is 1.49. The summed E-state index contributed by atoms with van der Waals surface area (Å²) in [5.74, 6) is 1.69. The first-order chi connectivity index (χ1) is 8.86. The van der Waals surface area contributed by atoms with Gasteiger partial charge in [0.15, 0.2) is 0 Å². The molecule has 0 N–H and O–H groups in total. The Hall–Kier alpha value is -1.02. The van der Waals surface area contributed by atoms with Gasteiger partial charge < -0.3 is 4.74 Å². The van der Waals surface area contributed by atoms with Gasteiger partial charge in [-0.3, -0.25) is 4.90 Å². The van der Waals surface area contributed by atoms with Crippen LogP contribution in [0.2, 0.25) is 0 Å². The van der Waals surface area contributed by atoms with Gasteiger partial charge in [-0.15, -0.1) is 0 Å². The molecular formula is C16H23NO. The molecule has 2 nitrogen and oxygen atoms in total. The number of fused-ring (bicyclic) bond motifs is 1. The zero-order valence-electron chi connectivity index (χ0n) is 11.3. The molecular weight excluding hydrogens is 222 g/mol. The molecule has 0 saturated carbocycles. The highest BCUT2D eigenvalue weighted by Gasteiger charge is 2.30. The van der Waals surface area contributed by atoms with Crippen LogP contribution < -0.4 is 4.74 Å². The highest BCUT2D eigenvalue weighted by atomic mass is 16.5. The van der Waals surface area contributed by atoms with Crippen LogP contribution in [0.15, 0.2) is 24.3 Å². The first kappa shape index (κ1) is 12.0. The van der Waals surface area contributed by atoms with Crippen LogP contribution in [0.5, 0.6) is 5.75 Å². The number of nitrogens with zero attached hydrogens (tertiary/aromatic N) is 1. The molecule has 98 valence electrons. The molecule has 0 amide bonds. The molecule has 2 heteroatoms. The second-order valence-electron chi connectivity index (χ2n) is 5.69. The number of rotatable bonds is 2. The monoisotopic (exact) mass is 245 g/mol. The van der Waals surface area contributed by atoms with E-state index in [1.54, 1.807) is 7.11 Å². The Kier molecular flexibility index (Phi) is 3.55. The van der Waals surface area contributed by atoms with Crippen molar-refractivity contribution in [3.63, 3.8) is 0 Å². The van der Waals surface area contributed by atoms with E-state index in [1.165, 1.54) is 50.8 Å². The van der Waals surface area contributed by atoms with Crippen molar-refractivity contribution >= 4 is 0 Å². The van der Waals surface area contributed by atoms with Gasteiger partial charge in [0.25, 0.3) is 0 Å². The molecule has 0 radical (unpaired) electrons. The van der Waals surface area contributed by atoms with Crippen LogP contribution >= 0.6 is 0 Å². The van der Waals surface area contributed by atoms with E-state index < -0.39 is 0 Å². The molecule has 1 aromatic rings. The summed E-state index contributed by atoms with van der Waals surface area (Å²) in [7, 11) is 1.73.